The van der Waals surface area contributed by atoms with Crippen molar-refractivity contribution in [1.29, 1.82) is 0 Å². The van der Waals surface area contributed by atoms with Crippen molar-refractivity contribution in [3.8, 4) is 0 Å². The molecule has 0 aromatic heterocycles. The van der Waals surface area contributed by atoms with Crippen molar-refractivity contribution >= 4 is 14.3 Å². The van der Waals surface area contributed by atoms with Gasteiger partial charge >= 0.3 is 0 Å². The molecule has 0 spiro atoms. The number of carbonyl (C=O) groups is 1. The second-order valence-electron chi connectivity index (χ2n) is 4.09. The molecule has 0 heterocycles. The van der Waals surface area contributed by atoms with Crippen LogP contribution in [0.3, 0.4) is 0 Å². The van der Waals surface area contributed by atoms with Crippen molar-refractivity contribution in [2.75, 3.05) is 0 Å². The first kappa shape index (κ1) is 12.7. The summed E-state index contributed by atoms with van der Waals surface area (Å²) < 4.78 is 5.48. The van der Waals surface area contributed by atoms with Crippen molar-refractivity contribution in [2.24, 2.45) is 0 Å². The third-order valence-electron chi connectivity index (χ3n) is 1.98. The highest BCUT2D eigenvalue weighted by atomic mass is 28.4. The average Bonchev–Trinajstić information content (AvgIpc) is 2.00. The average molecular weight is 202 g/mol. The van der Waals surface area contributed by atoms with E-state index in [4.69, 9.17) is 4.43 Å². The first-order chi connectivity index (χ1) is 6.02. The molecule has 13 heavy (non-hydrogen) atoms. The third-order valence-corrected chi connectivity index (χ3v) is 4.31. The molecule has 0 aliphatic heterocycles. The molecule has 0 fully saturated rings. The predicted molar refractivity (Wildman–Crippen MR) is 58.2 cm³/mol. The molecule has 0 unspecified atom stereocenters. The Morgan fingerprint density at radius 2 is 1.85 bits per heavy atom. The van der Waals surface area contributed by atoms with E-state index in [9.17, 15) is 4.79 Å². The van der Waals surface area contributed by atoms with Crippen molar-refractivity contribution < 1.29 is 9.22 Å². The first-order valence-corrected chi connectivity index (χ1v) is 8.35. The normalized spacial score (nSPS) is 11.4. The molecule has 0 aliphatic rings. The minimum absolute atomic E-state index is 0.00438. The lowest BCUT2D eigenvalue weighted by Crippen LogP contribution is -2.33. The smallest absolute Gasteiger partial charge is 0.292 e. The van der Waals surface area contributed by atoms with E-state index in [2.05, 4.69) is 20.0 Å². The van der Waals surface area contributed by atoms with Crippen LogP contribution in [0.4, 0.5) is 0 Å². The van der Waals surface area contributed by atoms with Crippen molar-refractivity contribution in [3.63, 3.8) is 0 Å². The van der Waals surface area contributed by atoms with Crippen molar-refractivity contribution in [1.82, 2.24) is 0 Å². The van der Waals surface area contributed by atoms with Crippen LogP contribution in [0, 0.1) is 0 Å². The lowest BCUT2D eigenvalue weighted by atomic mass is 10.4. The van der Waals surface area contributed by atoms with Gasteiger partial charge in [0, 0.05) is 6.42 Å². The van der Waals surface area contributed by atoms with Gasteiger partial charge in [0.1, 0.15) is 0 Å². The Balaban J connectivity index is 3.79. The van der Waals surface area contributed by atoms with Gasteiger partial charge in [-0.15, -0.1) is 0 Å². The molecule has 0 saturated heterocycles. The molecule has 0 amide bonds. The van der Waals surface area contributed by atoms with E-state index in [1.807, 2.05) is 6.92 Å². The fourth-order valence-corrected chi connectivity index (χ4v) is 3.24. The number of unbranched alkanes of at least 4 members (excludes halogenated alkanes) is 1. The van der Waals surface area contributed by atoms with Crippen molar-refractivity contribution in [2.45, 2.75) is 58.7 Å². The predicted octanol–water partition coefficient (Wildman–Crippen LogP) is 3.33. The largest absolute Gasteiger partial charge is 0.520 e. The molecule has 0 aromatic rings. The Morgan fingerprint density at radius 3 is 2.31 bits per heavy atom. The Bertz CT molecular complexity index is 155. The molecule has 2 nitrogen and oxygen atoms in total. The molecule has 0 atom stereocenters. The summed E-state index contributed by atoms with van der Waals surface area (Å²) >= 11 is 0. The van der Waals surface area contributed by atoms with E-state index in [1.165, 1.54) is 12.8 Å². The molecule has 0 rings (SSSR count). The van der Waals surface area contributed by atoms with Gasteiger partial charge in [0.15, 0.2) is 0 Å². The zero-order chi connectivity index (χ0) is 10.3. The van der Waals surface area contributed by atoms with E-state index in [-0.39, 0.29) is 5.97 Å². The van der Waals surface area contributed by atoms with Gasteiger partial charge in [0.25, 0.3) is 5.97 Å². The summed E-state index contributed by atoms with van der Waals surface area (Å²) in [7, 11) is -1.67. The van der Waals surface area contributed by atoms with Crippen LogP contribution < -0.4 is 0 Å². The van der Waals surface area contributed by atoms with E-state index in [0.29, 0.717) is 6.42 Å². The third kappa shape index (κ3) is 6.81. The lowest BCUT2D eigenvalue weighted by Gasteiger charge is -2.22. The fraction of sp³-hybridized carbons (Fsp3) is 0.900. The van der Waals surface area contributed by atoms with Crippen molar-refractivity contribution in [3.05, 3.63) is 0 Å². The summed E-state index contributed by atoms with van der Waals surface area (Å²) in [6.45, 7) is 8.41. The van der Waals surface area contributed by atoms with Crippen LogP contribution in [-0.4, -0.2) is 14.3 Å². The molecule has 0 aliphatic carbocycles. The van der Waals surface area contributed by atoms with Crippen LogP contribution in [0.15, 0.2) is 0 Å². The van der Waals surface area contributed by atoms with E-state index >= 15 is 0 Å². The summed E-state index contributed by atoms with van der Waals surface area (Å²) in [5, 5.41) is 0. The zero-order valence-electron chi connectivity index (χ0n) is 9.35. The molecular formula is C10H22O2Si. The van der Waals surface area contributed by atoms with Gasteiger partial charge in [0.2, 0.25) is 8.32 Å². The number of rotatable bonds is 6. The Morgan fingerprint density at radius 1 is 1.23 bits per heavy atom. The molecule has 0 N–H and O–H groups in total. The van der Waals surface area contributed by atoms with Crippen LogP contribution >= 0.6 is 0 Å². The number of hydrogen-bond acceptors (Lipinski definition) is 2. The molecule has 0 saturated carbocycles. The van der Waals surface area contributed by atoms with Crippen LogP contribution in [0.2, 0.25) is 19.1 Å². The first-order valence-electron chi connectivity index (χ1n) is 5.23. The summed E-state index contributed by atoms with van der Waals surface area (Å²) in [4.78, 5) is 11.2. The Hall–Kier alpha value is -0.313. The quantitative estimate of drug-likeness (QED) is 0.618. The lowest BCUT2D eigenvalue weighted by molar-refractivity contribution is -0.135. The second-order valence-corrected chi connectivity index (χ2v) is 8.31. The molecule has 78 valence electrons. The number of hydrogen-bond donors (Lipinski definition) is 0. The van der Waals surface area contributed by atoms with Crippen LogP contribution in [0.1, 0.15) is 39.5 Å². The maximum Gasteiger partial charge on any atom is 0.292 e. The zero-order valence-corrected chi connectivity index (χ0v) is 10.4. The summed E-state index contributed by atoms with van der Waals surface area (Å²) in [5.74, 6) is -0.00438. The standard InChI is InChI=1S/C10H22O2Si/c1-5-7-9-13(3,4)12-10(11)8-6-2/h5-9H2,1-4H3. The summed E-state index contributed by atoms with van der Waals surface area (Å²) in [6.07, 6.45) is 3.82. The van der Waals surface area contributed by atoms with Gasteiger partial charge < -0.3 is 4.43 Å². The molecule has 0 bridgehead atoms. The van der Waals surface area contributed by atoms with Crippen LogP contribution in [0.25, 0.3) is 0 Å². The monoisotopic (exact) mass is 202 g/mol. The molecular weight excluding hydrogens is 180 g/mol. The van der Waals surface area contributed by atoms with Gasteiger partial charge in [0.05, 0.1) is 0 Å². The minimum Gasteiger partial charge on any atom is -0.520 e. The molecule has 3 heteroatoms. The van der Waals surface area contributed by atoms with E-state index < -0.39 is 8.32 Å². The van der Waals surface area contributed by atoms with E-state index in [0.717, 1.165) is 12.5 Å². The van der Waals surface area contributed by atoms with Gasteiger partial charge in [-0.25, -0.2) is 0 Å². The van der Waals surface area contributed by atoms with E-state index in [1.54, 1.807) is 0 Å². The van der Waals surface area contributed by atoms with Crippen LogP contribution in [0.5, 0.6) is 0 Å². The maximum atomic E-state index is 11.2. The van der Waals surface area contributed by atoms with Gasteiger partial charge in [-0.05, 0) is 25.6 Å². The second kappa shape index (κ2) is 6.19. The maximum absolute atomic E-state index is 11.2. The highest BCUT2D eigenvalue weighted by Crippen LogP contribution is 2.16. The summed E-state index contributed by atoms with van der Waals surface area (Å²) in [6, 6.07) is 1.10. The topological polar surface area (TPSA) is 26.3 Å². The highest BCUT2D eigenvalue weighted by Gasteiger charge is 2.25. The number of carbonyl (C=O) groups excluding carboxylic acids is 1. The van der Waals surface area contributed by atoms with Crippen LogP contribution in [-0.2, 0) is 9.22 Å². The minimum atomic E-state index is -1.67. The molecule has 0 radical (unpaired) electrons. The van der Waals surface area contributed by atoms with Gasteiger partial charge in [-0.3, -0.25) is 4.79 Å². The molecule has 0 aromatic carbocycles. The van der Waals surface area contributed by atoms with Gasteiger partial charge in [-0.1, -0.05) is 26.7 Å². The Labute approximate surface area is 82.8 Å². The fourth-order valence-electron chi connectivity index (χ4n) is 1.22. The summed E-state index contributed by atoms with van der Waals surface area (Å²) in [5.41, 5.74) is 0. The highest BCUT2D eigenvalue weighted by molar-refractivity contribution is 6.72. The SMILES string of the molecule is CCCC[Si](C)(C)OC(=O)CCC. The Kier molecular flexibility index (Phi) is 6.04. The van der Waals surface area contributed by atoms with Gasteiger partial charge in [-0.2, -0.15) is 0 Å².